The molecule has 0 saturated heterocycles. The molecule has 4 nitrogen and oxygen atoms in total. The van der Waals surface area contributed by atoms with Crippen molar-refractivity contribution in [2.75, 3.05) is 0 Å². The fourth-order valence-electron chi connectivity index (χ4n) is 2.30. The van der Waals surface area contributed by atoms with Crippen molar-refractivity contribution in [3.63, 3.8) is 0 Å². The molecule has 0 unspecified atom stereocenters. The minimum atomic E-state index is -0.565. The Kier molecular flexibility index (Phi) is 4.50. The molecular formula is C14H19FN2O2. The second-order valence-electron chi connectivity index (χ2n) is 5.02. The van der Waals surface area contributed by atoms with Gasteiger partial charge in [0.2, 0.25) is 5.91 Å². The van der Waals surface area contributed by atoms with Crippen LogP contribution in [0.3, 0.4) is 0 Å². The van der Waals surface area contributed by atoms with E-state index in [4.69, 9.17) is 16.2 Å². The summed E-state index contributed by atoms with van der Waals surface area (Å²) in [6, 6.07) is 4.33. The van der Waals surface area contributed by atoms with E-state index < -0.39 is 5.91 Å². The third kappa shape index (κ3) is 3.75. The van der Waals surface area contributed by atoms with E-state index in [0.717, 1.165) is 25.7 Å². The summed E-state index contributed by atoms with van der Waals surface area (Å²) in [6.45, 7) is 0.160. The van der Waals surface area contributed by atoms with Crippen LogP contribution in [0.1, 0.15) is 41.6 Å². The van der Waals surface area contributed by atoms with Crippen LogP contribution in [-0.4, -0.2) is 18.1 Å². The molecular weight excluding hydrogens is 247 g/mol. The van der Waals surface area contributed by atoms with Gasteiger partial charge in [0, 0.05) is 17.2 Å². The molecule has 0 spiro atoms. The second-order valence-corrected chi connectivity index (χ2v) is 5.02. The lowest BCUT2D eigenvalue weighted by atomic mass is 9.94. The van der Waals surface area contributed by atoms with Crippen molar-refractivity contribution in [1.29, 1.82) is 0 Å². The maximum atomic E-state index is 13.6. The van der Waals surface area contributed by atoms with Crippen molar-refractivity contribution in [2.45, 2.75) is 44.4 Å². The SMILES string of the molecule is NC(=O)c1ccc(F)c(COC2CCC(N)CC2)c1. The summed E-state index contributed by atoms with van der Waals surface area (Å²) in [5.41, 5.74) is 11.6. The highest BCUT2D eigenvalue weighted by molar-refractivity contribution is 5.92. The highest BCUT2D eigenvalue weighted by atomic mass is 19.1. The summed E-state index contributed by atoms with van der Waals surface area (Å²) in [5, 5.41) is 0. The summed E-state index contributed by atoms with van der Waals surface area (Å²) < 4.78 is 19.3. The number of primary amides is 1. The smallest absolute Gasteiger partial charge is 0.248 e. The second kappa shape index (κ2) is 6.12. The summed E-state index contributed by atoms with van der Waals surface area (Å²) in [7, 11) is 0. The Hall–Kier alpha value is -1.46. The molecule has 1 saturated carbocycles. The Balaban J connectivity index is 1.95. The first kappa shape index (κ1) is 14.0. The van der Waals surface area contributed by atoms with Crippen LogP contribution < -0.4 is 11.5 Å². The van der Waals surface area contributed by atoms with Gasteiger partial charge in [0.15, 0.2) is 0 Å². The Morgan fingerprint density at radius 2 is 2.00 bits per heavy atom. The van der Waals surface area contributed by atoms with E-state index in [1.165, 1.54) is 18.2 Å². The number of halogens is 1. The predicted molar refractivity (Wildman–Crippen MR) is 69.9 cm³/mol. The van der Waals surface area contributed by atoms with E-state index in [2.05, 4.69) is 0 Å². The average molecular weight is 266 g/mol. The molecule has 104 valence electrons. The number of carbonyl (C=O) groups excluding carboxylic acids is 1. The van der Waals surface area contributed by atoms with Gasteiger partial charge in [-0.3, -0.25) is 4.79 Å². The van der Waals surface area contributed by atoms with Crippen molar-refractivity contribution in [3.8, 4) is 0 Å². The number of hydrogen-bond donors (Lipinski definition) is 2. The van der Waals surface area contributed by atoms with Gasteiger partial charge in [0.25, 0.3) is 0 Å². The van der Waals surface area contributed by atoms with Crippen LogP contribution in [0.15, 0.2) is 18.2 Å². The van der Waals surface area contributed by atoms with Gasteiger partial charge in [-0.15, -0.1) is 0 Å². The molecule has 0 radical (unpaired) electrons. The Labute approximate surface area is 111 Å². The molecule has 1 amide bonds. The van der Waals surface area contributed by atoms with Gasteiger partial charge in [-0.2, -0.15) is 0 Å². The standard InChI is InChI=1S/C14H19FN2O2/c15-13-6-1-9(14(17)18)7-10(13)8-19-12-4-2-11(16)3-5-12/h1,6-7,11-12H,2-5,8,16H2,(H2,17,18). The fraction of sp³-hybridized carbons (Fsp3) is 0.500. The number of hydrogen-bond acceptors (Lipinski definition) is 3. The molecule has 2 rings (SSSR count). The minimum Gasteiger partial charge on any atom is -0.373 e. The molecule has 0 aliphatic heterocycles. The lowest BCUT2D eigenvalue weighted by Crippen LogP contribution is -2.30. The van der Waals surface area contributed by atoms with Crippen molar-refractivity contribution in [2.24, 2.45) is 11.5 Å². The molecule has 1 aliphatic carbocycles. The van der Waals surface area contributed by atoms with E-state index in [9.17, 15) is 9.18 Å². The van der Waals surface area contributed by atoms with Gasteiger partial charge in [-0.25, -0.2) is 4.39 Å². The van der Waals surface area contributed by atoms with E-state index in [-0.39, 0.29) is 24.6 Å². The zero-order valence-electron chi connectivity index (χ0n) is 10.8. The van der Waals surface area contributed by atoms with Gasteiger partial charge in [-0.1, -0.05) is 0 Å². The van der Waals surface area contributed by atoms with Gasteiger partial charge in [0.05, 0.1) is 12.7 Å². The summed E-state index contributed by atoms with van der Waals surface area (Å²) >= 11 is 0. The zero-order chi connectivity index (χ0) is 13.8. The van der Waals surface area contributed by atoms with Crippen molar-refractivity contribution >= 4 is 5.91 Å². The largest absolute Gasteiger partial charge is 0.373 e. The highest BCUT2D eigenvalue weighted by Crippen LogP contribution is 2.21. The van der Waals surface area contributed by atoms with Crippen molar-refractivity contribution < 1.29 is 13.9 Å². The first-order valence-corrected chi connectivity index (χ1v) is 6.51. The minimum absolute atomic E-state index is 0.122. The maximum absolute atomic E-state index is 13.6. The van der Waals surface area contributed by atoms with Crippen molar-refractivity contribution in [1.82, 2.24) is 0 Å². The van der Waals surface area contributed by atoms with Crippen LogP contribution >= 0.6 is 0 Å². The number of rotatable bonds is 4. The quantitative estimate of drug-likeness (QED) is 0.870. The lowest BCUT2D eigenvalue weighted by Gasteiger charge is -2.26. The summed E-state index contributed by atoms with van der Waals surface area (Å²) in [6.07, 6.45) is 3.80. The zero-order valence-corrected chi connectivity index (χ0v) is 10.8. The normalized spacial score (nSPS) is 23.3. The molecule has 0 atom stereocenters. The molecule has 19 heavy (non-hydrogen) atoms. The molecule has 1 aromatic rings. The van der Waals surface area contributed by atoms with Crippen LogP contribution in [0.5, 0.6) is 0 Å². The van der Waals surface area contributed by atoms with Crippen LogP contribution in [-0.2, 0) is 11.3 Å². The molecule has 1 aliphatic rings. The number of ether oxygens (including phenoxy) is 1. The van der Waals surface area contributed by atoms with Crippen molar-refractivity contribution in [3.05, 3.63) is 35.1 Å². The van der Waals surface area contributed by atoms with Crippen LogP contribution in [0, 0.1) is 5.82 Å². The number of carbonyl (C=O) groups is 1. The monoisotopic (exact) mass is 266 g/mol. The van der Waals surface area contributed by atoms with E-state index >= 15 is 0 Å². The summed E-state index contributed by atoms with van der Waals surface area (Å²) in [4.78, 5) is 11.1. The Morgan fingerprint density at radius 1 is 1.32 bits per heavy atom. The first-order valence-electron chi connectivity index (χ1n) is 6.51. The van der Waals surface area contributed by atoms with Crippen LogP contribution in [0.2, 0.25) is 0 Å². The van der Waals surface area contributed by atoms with Gasteiger partial charge in [0.1, 0.15) is 5.82 Å². The topological polar surface area (TPSA) is 78.3 Å². The van der Waals surface area contributed by atoms with Crippen LogP contribution in [0.25, 0.3) is 0 Å². The Morgan fingerprint density at radius 3 is 2.63 bits per heavy atom. The molecule has 0 bridgehead atoms. The number of amides is 1. The van der Waals surface area contributed by atoms with Gasteiger partial charge >= 0.3 is 0 Å². The van der Waals surface area contributed by atoms with Gasteiger partial charge in [-0.05, 0) is 43.9 Å². The third-order valence-electron chi connectivity index (χ3n) is 3.52. The Bertz CT molecular complexity index is 457. The lowest BCUT2D eigenvalue weighted by molar-refractivity contribution is 0.0125. The van der Waals surface area contributed by atoms with E-state index in [1.54, 1.807) is 0 Å². The fourth-order valence-corrected chi connectivity index (χ4v) is 2.30. The van der Waals surface area contributed by atoms with E-state index in [0.29, 0.717) is 11.1 Å². The van der Waals surface area contributed by atoms with Crippen LogP contribution in [0.4, 0.5) is 4.39 Å². The highest BCUT2D eigenvalue weighted by Gasteiger charge is 2.19. The molecule has 0 heterocycles. The molecule has 5 heteroatoms. The average Bonchev–Trinajstić information content (AvgIpc) is 2.39. The molecule has 4 N–H and O–H groups in total. The molecule has 1 fully saturated rings. The van der Waals surface area contributed by atoms with E-state index in [1.807, 2.05) is 0 Å². The molecule has 1 aromatic carbocycles. The number of nitrogens with two attached hydrogens (primary N) is 2. The molecule has 0 aromatic heterocycles. The summed E-state index contributed by atoms with van der Waals surface area (Å²) in [5.74, 6) is -0.942. The number of benzene rings is 1. The first-order chi connectivity index (χ1) is 9.06. The maximum Gasteiger partial charge on any atom is 0.248 e. The van der Waals surface area contributed by atoms with Gasteiger partial charge < -0.3 is 16.2 Å². The predicted octanol–water partition coefficient (Wildman–Crippen LogP) is 1.71. The third-order valence-corrected chi connectivity index (χ3v) is 3.52.